The van der Waals surface area contributed by atoms with E-state index in [1.54, 1.807) is 17.0 Å². The third kappa shape index (κ3) is 8.09. The summed E-state index contributed by atoms with van der Waals surface area (Å²) in [5.74, 6) is 0.774. The Hall–Kier alpha value is -2.34. The van der Waals surface area contributed by atoms with Crippen molar-refractivity contribution in [1.29, 1.82) is 0 Å². The van der Waals surface area contributed by atoms with Crippen LogP contribution in [0.3, 0.4) is 0 Å². The van der Waals surface area contributed by atoms with Crippen LogP contribution in [0, 0.1) is 0 Å². The van der Waals surface area contributed by atoms with Crippen LogP contribution in [0.4, 0.5) is 0 Å². The number of hydrogen-bond acceptors (Lipinski definition) is 4. The van der Waals surface area contributed by atoms with E-state index in [1.165, 1.54) is 31.2 Å². The van der Waals surface area contributed by atoms with Crippen LogP contribution in [-0.2, 0) is 21.8 Å². The zero-order valence-corrected chi connectivity index (χ0v) is 22.6. The molecule has 1 fully saturated rings. The molecular weight excluding hydrogens is 458 g/mol. The highest BCUT2D eigenvalue weighted by Gasteiger charge is 2.35. The molecule has 1 atom stereocenters. The molecular formula is C29H41NO4S. The highest BCUT2D eigenvalue weighted by molar-refractivity contribution is 7.91. The quantitative estimate of drug-likeness (QED) is 0.347. The number of hydrogen-bond donors (Lipinski definition) is 0. The normalized spacial score (nSPS) is 17.3. The standard InChI is InChI=1S/C29H41NO4S/c1-5-6-7-8-9-19-34-27-16-12-24(13-17-27)28(31)30(26-18-20-35(32,33)22-26)21-23-10-14-25(15-11-23)29(2,3)4/h10-17,26H,5-9,18-22H2,1-4H3/t26-/m1/s1. The fourth-order valence-corrected chi connectivity index (χ4v) is 6.18. The van der Waals surface area contributed by atoms with Crippen LogP contribution in [0.25, 0.3) is 0 Å². The van der Waals surface area contributed by atoms with Crippen LogP contribution in [0.15, 0.2) is 48.5 Å². The first kappa shape index (κ1) is 27.3. The highest BCUT2D eigenvalue weighted by atomic mass is 32.2. The molecule has 2 aromatic rings. The molecule has 0 bridgehead atoms. The van der Waals surface area contributed by atoms with Gasteiger partial charge in [-0.3, -0.25) is 4.79 Å². The predicted molar refractivity (Wildman–Crippen MR) is 143 cm³/mol. The summed E-state index contributed by atoms with van der Waals surface area (Å²) in [7, 11) is -3.11. The van der Waals surface area contributed by atoms with Gasteiger partial charge in [-0.25, -0.2) is 8.42 Å². The molecule has 6 heteroatoms. The Bertz CT molecular complexity index is 1050. The maximum Gasteiger partial charge on any atom is 0.254 e. The van der Waals surface area contributed by atoms with E-state index in [0.717, 1.165) is 17.7 Å². The van der Waals surface area contributed by atoms with Crippen molar-refractivity contribution in [2.45, 2.75) is 84.2 Å². The first-order chi connectivity index (χ1) is 16.6. The number of ether oxygens (including phenoxy) is 1. The number of carbonyl (C=O) groups excluding carboxylic acids is 1. The second kappa shape index (κ2) is 12.1. The maximum absolute atomic E-state index is 13.5. The van der Waals surface area contributed by atoms with E-state index in [-0.39, 0.29) is 28.9 Å². The molecule has 0 unspecified atom stereocenters. The Balaban J connectivity index is 1.70. The molecule has 1 heterocycles. The summed E-state index contributed by atoms with van der Waals surface area (Å²) in [5.41, 5.74) is 2.82. The van der Waals surface area contributed by atoms with Crippen LogP contribution < -0.4 is 4.74 Å². The lowest BCUT2D eigenvalue weighted by Gasteiger charge is -2.29. The van der Waals surface area contributed by atoms with E-state index in [4.69, 9.17) is 4.74 Å². The molecule has 1 aliphatic rings. The molecule has 0 aromatic heterocycles. The van der Waals surface area contributed by atoms with Gasteiger partial charge in [0.2, 0.25) is 0 Å². The van der Waals surface area contributed by atoms with Gasteiger partial charge in [-0.15, -0.1) is 0 Å². The van der Waals surface area contributed by atoms with E-state index in [9.17, 15) is 13.2 Å². The van der Waals surface area contributed by atoms with E-state index in [2.05, 4.69) is 39.8 Å². The number of amides is 1. The number of rotatable bonds is 11. The highest BCUT2D eigenvalue weighted by Crippen LogP contribution is 2.26. The third-order valence-corrected chi connectivity index (χ3v) is 8.45. The van der Waals surface area contributed by atoms with Crippen LogP contribution >= 0.6 is 0 Å². The first-order valence-corrected chi connectivity index (χ1v) is 14.7. The second-order valence-corrected chi connectivity index (χ2v) is 13.0. The van der Waals surface area contributed by atoms with Gasteiger partial charge in [0.25, 0.3) is 5.91 Å². The Labute approximate surface area is 211 Å². The molecule has 2 aromatic carbocycles. The molecule has 0 N–H and O–H groups in total. The summed E-state index contributed by atoms with van der Waals surface area (Å²) in [5, 5.41) is 0. The summed E-state index contributed by atoms with van der Waals surface area (Å²) in [6.45, 7) is 9.77. The molecule has 1 saturated heterocycles. The summed E-state index contributed by atoms with van der Waals surface area (Å²) in [6.07, 6.45) is 6.39. The number of nitrogens with zero attached hydrogens (tertiary/aromatic N) is 1. The molecule has 35 heavy (non-hydrogen) atoms. The Morgan fingerprint density at radius 2 is 1.63 bits per heavy atom. The predicted octanol–water partition coefficient (Wildman–Crippen LogP) is 6.16. The van der Waals surface area contributed by atoms with Gasteiger partial charge in [-0.1, -0.05) is 77.6 Å². The van der Waals surface area contributed by atoms with Crippen LogP contribution in [0.1, 0.15) is 87.7 Å². The molecule has 3 rings (SSSR count). The average Bonchev–Trinajstić information content (AvgIpc) is 3.18. The van der Waals surface area contributed by atoms with Crippen molar-refractivity contribution in [3.05, 3.63) is 65.2 Å². The molecule has 5 nitrogen and oxygen atoms in total. The lowest BCUT2D eigenvalue weighted by Crippen LogP contribution is -2.40. The van der Waals surface area contributed by atoms with Gasteiger partial charge in [-0.05, 0) is 53.6 Å². The average molecular weight is 500 g/mol. The molecule has 0 radical (unpaired) electrons. The van der Waals surface area contributed by atoms with Crippen molar-refractivity contribution in [3.8, 4) is 5.75 Å². The summed E-state index contributed by atoms with van der Waals surface area (Å²) in [6, 6.07) is 15.2. The van der Waals surface area contributed by atoms with Crippen molar-refractivity contribution in [3.63, 3.8) is 0 Å². The smallest absolute Gasteiger partial charge is 0.254 e. The summed E-state index contributed by atoms with van der Waals surface area (Å²) < 4.78 is 30.2. The van der Waals surface area contributed by atoms with Gasteiger partial charge in [0.1, 0.15) is 5.75 Å². The van der Waals surface area contributed by atoms with E-state index in [0.29, 0.717) is 25.1 Å². The summed E-state index contributed by atoms with van der Waals surface area (Å²) >= 11 is 0. The molecule has 0 spiro atoms. The topological polar surface area (TPSA) is 63.7 Å². The molecule has 0 saturated carbocycles. The van der Waals surface area contributed by atoms with Crippen molar-refractivity contribution < 1.29 is 17.9 Å². The van der Waals surface area contributed by atoms with Crippen molar-refractivity contribution in [2.75, 3.05) is 18.1 Å². The zero-order valence-electron chi connectivity index (χ0n) is 21.8. The molecule has 192 valence electrons. The first-order valence-electron chi connectivity index (χ1n) is 12.9. The van der Waals surface area contributed by atoms with Crippen molar-refractivity contribution >= 4 is 15.7 Å². The Morgan fingerprint density at radius 3 is 2.20 bits per heavy atom. The number of benzene rings is 2. The Kier molecular flexibility index (Phi) is 9.40. The lowest BCUT2D eigenvalue weighted by atomic mass is 9.86. The monoisotopic (exact) mass is 499 g/mol. The van der Waals surface area contributed by atoms with Crippen molar-refractivity contribution in [2.24, 2.45) is 0 Å². The largest absolute Gasteiger partial charge is 0.494 e. The SMILES string of the molecule is CCCCCCCOc1ccc(C(=O)N(Cc2ccc(C(C)(C)C)cc2)[C@@H]2CCS(=O)(=O)C2)cc1. The zero-order chi connectivity index (χ0) is 25.5. The minimum absolute atomic E-state index is 0.0258. The number of carbonyl (C=O) groups is 1. The minimum Gasteiger partial charge on any atom is -0.494 e. The Morgan fingerprint density at radius 1 is 0.971 bits per heavy atom. The number of sulfone groups is 1. The van der Waals surface area contributed by atoms with Gasteiger partial charge in [0.05, 0.1) is 18.1 Å². The summed E-state index contributed by atoms with van der Waals surface area (Å²) in [4.78, 5) is 15.3. The fourth-order valence-electron chi connectivity index (χ4n) is 4.45. The van der Waals surface area contributed by atoms with Gasteiger partial charge < -0.3 is 9.64 Å². The molecule has 0 aliphatic carbocycles. The fraction of sp³-hybridized carbons (Fsp3) is 0.552. The number of unbranched alkanes of at least 4 members (excludes halogenated alkanes) is 4. The van der Waals surface area contributed by atoms with Crippen LogP contribution in [-0.4, -0.2) is 43.4 Å². The van der Waals surface area contributed by atoms with Crippen molar-refractivity contribution in [1.82, 2.24) is 4.90 Å². The van der Waals surface area contributed by atoms with Gasteiger partial charge in [0, 0.05) is 18.2 Å². The van der Waals surface area contributed by atoms with Crippen LogP contribution in [0.5, 0.6) is 5.75 Å². The lowest BCUT2D eigenvalue weighted by molar-refractivity contribution is 0.0681. The molecule has 1 amide bonds. The molecule has 1 aliphatic heterocycles. The third-order valence-electron chi connectivity index (χ3n) is 6.70. The van der Waals surface area contributed by atoms with Gasteiger partial charge in [-0.2, -0.15) is 0 Å². The van der Waals surface area contributed by atoms with E-state index in [1.807, 2.05) is 24.3 Å². The second-order valence-electron chi connectivity index (χ2n) is 10.7. The van der Waals surface area contributed by atoms with E-state index < -0.39 is 9.84 Å². The van der Waals surface area contributed by atoms with Gasteiger partial charge >= 0.3 is 0 Å². The van der Waals surface area contributed by atoms with Crippen LogP contribution in [0.2, 0.25) is 0 Å². The minimum atomic E-state index is -3.11. The van der Waals surface area contributed by atoms with Gasteiger partial charge in [0.15, 0.2) is 9.84 Å². The maximum atomic E-state index is 13.5. The van der Waals surface area contributed by atoms with E-state index >= 15 is 0 Å².